The molecule has 0 saturated carbocycles. The van der Waals surface area contributed by atoms with E-state index in [0.29, 0.717) is 9.79 Å². The summed E-state index contributed by atoms with van der Waals surface area (Å²) in [5.74, 6) is 0. The van der Waals surface area contributed by atoms with Crippen LogP contribution >= 0.6 is 23.8 Å². The van der Waals surface area contributed by atoms with Gasteiger partial charge in [0, 0.05) is 11.9 Å². The zero-order chi connectivity index (χ0) is 12.7. The highest BCUT2D eigenvalue weighted by Gasteiger charge is 2.07. The molecule has 0 fully saturated rings. The number of H-pyrrole nitrogens is 1. The quantitative estimate of drug-likeness (QED) is 0.680. The van der Waals surface area contributed by atoms with Gasteiger partial charge in [-0.2, -0.15) is 0 Å². The van der Waals surface area contributed by atoms with Crippen molar-refractivity contribution in [1.82, 2.24) is 14.5 Å². The number of nitrogens with zero attached hydrogens (tertiary/aromatic N) is 2. The maximum Gasteiger partial charge on any atom is 0.183 e. The third-order valence-corrected chi connectivity index (χ3v) is 3.27. The number of aromatic nitrogens is 3. The molecule has 0 amide bonds. The second-order valence-electron chi connectivity index (χ2n) is 4.13. The van der Waals surface area contributed by atoms with Gasteiger partial charge < -0.3 is 4.98 Å². The SMILES string of the molecule is Cc1ccc(-n2c(=S)[nH]c3cc(Cl)cnc32)cc1. The van der Waals surface area contributed by atoms with Gasteiger partial charge in [0.05, 0.1) is 10.5 Å². The predicted molar refractivity (Wildman–Crippen MR) is 76.0 cm³/mol. The Balaban J connectivity index is 2.32. The molecule has 2 heterocycles. The summed E-state index contributed by atoms with van der Waals surface area (Å²) in [7, 11) is 0. The minimum atomic E-state index is 0.592. The average molecular weight is 276 g/mol. The smallest absolute Gasteiger partial charge is 0.183 e. The van der Waals surface area contributed by atoms with Crippen molar-refractivity contribution >= 4 is 35.0 Å². The van der Waals surface area contributed by atoms with Gasteiger partial charge in [0.15, 0.2) is 10.4 Å². The molecule has 0 spiro atoms. The molecule has 0 aliphatic carbocycles. The van der Waals surface area contributed by atoms with Gasteiger partial charge in [0.2, 0.25) is 0 Å². The second-order valence-corrected chi connectivity index (χ2v) is 4.95. The first-order valence-corrected chi connectivity index (χ1v) is 6.27. The van der Waals surface area contributed by atoms with Crippen LogP contribution in [0.25, 0.3) is 16.9 Å². The topological polar surface area (TPSA) is 33.6 Å². The summed E-state index contributed by atoms with van der Waals surface area (Å²) in [5.41, 5.74) is 3.83. The standard InChI is InChI=1S/C13H10ClN3S/c1-8-2-4-10(5-3-8)17-12-11(16-13(17)18)6-9(14)7-15-12/h2-7H,1H3,(H,16,18). The lowest BCUT2D eigenvalue weighted by Gasteiger charge is -2.04. The van der Waals surface area contributed by atoms with Crippen molar-refractivity contribution in [2.24, 2.45) is 0 Å². The third-order valence-electron chi connectivity index (χ3n) is 2.78. The highest BCUT2D eigenvalue weighted by atomic mass is 35.5. The van der Waals surface area contributed by atoms with Crippen LogP contribution in [0.2, 0.25) is 5.02 Å². The van der Waals surface area contributed by atoms with Crippen LogP contribution in [-0.2, 0) is 0 Å². The molecule has 2 aromatic heterocycles. The molecule has 0 radical (unpaired) electrons. The summed E-state index contributed by atoms with van der Waals surface area (Å²) < 4.78 is 2.52. The molecule has 3 aromatic rings. The van der Waals surface area contributed by atoms with E-state index in [0.717, 1.165) is 16.9 Å². The first kappa shape index (κ1) is 11.4. The number of aromatic amines is 1. The third kappa shape index (κ3) is 1.83. The Morgan fingerprint density at radius 1 is 1.28 bits per heavy atom. The van der Waals surface area contributed by atoms with Crippen LogP contribution in [-0.4, -0.2) is 14.5 Å². The van der Waals surface area contributed by atoms with Crippen LogP contribution in [0.3, 0.4) is 0 Å². The Hall–Kier alpha value is -1.65. The van der Waals surface area contributed by atoms with E-state index in [2.05, 4.69) is 16.9 Å². The molecule has 3 nitrogen and oxygen atoms in total. The lowest BCUT2D eigenvalue weighted by atomic mass is 10.2. The highest BCUT2D eigenvalue weighted by Crippen LogP contribution is 2.20. The van der Waals surface area contributed by atoms with Crippen molar-refractivity contribution in [3.63, 3.8) is 0 Å². The molecule has 0 aliphatic rings. The van der Waals surface area contributed by atoms with Crippen molar-refractivity contribution in [1.29, 1.82) is 0 Å². The molecule has 0 bridgehead atoms. The molecular weight excluding hydrogens is 266 g/mol. The van der Waals surface area contributed by atoms with E-state index in [-0.39, 0.29) is 0 Å². The predicted octanol–water partition coefficient (Wildman–Crippen LogP) is 4.04. The largest absolute Gasteiger partial charge is 0.329 e. The van der Waals surface area contributed by atoms with Crippen LogP contribution in [0.15, 0.2) is 36.5 Å². The fourth-order valence-electron chi connectivity index (χ4n) is 1.90. The number of benzene rings is 1. The number of fused-ring (bicyclic) bond motifs is 1. The molecular formula is C13H10ClN3S. The number of hydrogen-bond acceptors (Lipinski definition) is 2. The van der Waals surface area contributed by atoms with Crippen molar-refractivity contribution < 1.29 is 0 Å². The number of aryl methyl sites for hydroxylation is 1. The average Bonchev–Trinajstić information content (AvgIpc) is 2.65. The van der Waals surface area contributed by atoms with Crippen LogP contribution in [0.5, 0.6) is 0 Å². The molecule has 18 heavy (non-hydrogen) atoms. The molecule has 0 saturated heterocycles. The van der Waals surface area contributed by atoms with Crippen molar-refractivity contribution in [2.45, 2.75) is 6.92 Å². The minimum absolute atomic E-state index is 0.592. The number of imidazole rings is 1. The van der Waals surface area contributed by atoms with Gasteiger partial charge >= 0.3 is 0 Å². The van der Waals surface area contributed by atoms with E-state index < -0.39 is 0 Å². The Labute approximate surface area is 114 Å². The van der Waals surface area contributed by atoms with E-state index in [1.54, 1.807) is 6.20 Å². The van der Waals surface area contributed by atoms with Gasteiger partial charge in [-0.1, -0.05) is 29.3 Å². The molecule has 90 valence electrons. The van der Waals surface area contributed by atoms with Gasteiger partial charge in [-0.15, -0.1) is 0 Å². The zero-order valence-electron chi connectivity index (χ0n) is 9.64. The summed E-state index contributed by atoms with van der Waals surface area (Å²) in [6, 6.07) is 9.96. The fourth-order valence-corrected chi connectivity index (χ4v) is 2.36. The van der Waals surface area contributed by atoms with E-state index in [9.17, 15) is 0 Å². The molecule has 0 aliphatic heterocycles. The molecule has 1 aromatic carbocycles. The second kappa shape index (κ2) is 4.23. The van der Waals surface area contributed by atoms with Gasteiger partial charge in [-0.25, -0.2) is 4.98 Å². The number of rotatable bonds is 1. The summed E-state index contributed by atoms with van der Waals surface area (Å²) in [6.45, 7) is 2.05. The maximum absolute atomic E-state index is 5.92. The molecule has 0 unspecified atom stereocenters. The van der Waals surface area contributed by atoms with Crippen LogP contribution in [0.4, 0.5) is 0 Å². The Morgan fingerprint density at radius 3 is 2.72 bits per heavy atom. The lowest BCUT2D eigenvalue weighted by molar-refractivity contribution is 1.04. The summed E-state index contributed by atoms with van der Waals surface area (Å²) in [5, 5.41) is 0.592. The Bertz CT molecular complexity index is 771. The maximum atomic E-state index is 5.92. The number of halogens is 1. The first-order chi connectivity index (χ1) is 8.65. The minimum Gasteiger partial charge on any atom is -0.329 e. The molecule has 1 N–H and O–H groups in total. The molecule has 0 atom stereocenters. The van der Waals surface area contributed by atoms with Crippen molar-refractivity contribution in [3.8, 4) is 5.69 Å². The van der Waals surface area contributed by atoms with Crippen LogP contribution in [0.1, 0.15) is 5.56 Å². The van der Waals surface area contributed by atoms with E-state index in [1.807, 2.05) is 34.9 Å². The van der Waals surface area contributed by atoms with Gasteiger partial charge in [-0.3, -0.25) is 4.57 Å². The van der Waals surface area contributed by atoms with Gasteiger partial charge in [0.1, 0.15) is 0 Å². The van der Waals surface area contributed by atoms with Crippen LogP contribution < -0.4 is 0 Å². The van der Waals surface area contributed by atoms with Gasteiger partial charge in [0.25, 0.3) is 0 Å². The lowest BCUT2D eigenvalue weighted by Crippen LogP contribution is -1.95. The number of nitrogens with one attached hydrogen (secondary N) is 1. The van der Waals surface area contributed by atoms with Crippen molar-refractivity contribution in [3.05, 3.63) is 51.9 Å². The zero-order valence-corrected chi connectivity index (χ0v) is 11.2. The van der Waals surface area contributed by atoms with E-state index >= 15 is 0 Å². The Morgan fingerprint density at radius 2 is 2.00 bits per heavy atom. The van der Waals surface area contributed by atoms with E-state index in [4.69, 9.17) is 23.8 Å². The van der Waals surface area contributed by atoms with Crippen LogP contribution in [0, 0.1) is 11.7 Å². The van der Waals surface area contributed by atoms with Gasteiger partial charge in [-0.05, 0) is 37.3 Å². The normalized spacial score (nSPS) is 11.0. The molecule has 5 heteroatoms. The van der Waals surface area contributed by atoms with Crippen molar-refractivity contribution in [2.75, 3.05) is 0 Å². The summed E-state index contributed by atoms with van der Waals surface area (Å²) in [6.07, 6.45) is 1.62. The molecule has 3 rings (SSSR count). The Kier molecular flexibility index (Phi) is 2.69. The van der Waals surface area contributed by atoms with E-state index in [1.165, 1.54) is 5.56 Å². The summed E-state index contributed by atoms with van der Waals surface area (Å²) in [4.78, 5) is 7.45. The first-order valence-electron chi connectivity index (χ1n) is 5.48. The summed E-state index contributed by atoms with van der Waals surface area (Å²) >= 11 is 11.3. The fraction of sp³-hybridized carbons (Fsp3) is 0.0769. The number of hydrogen-bond donors (Lipinski definition) is 1. The number of pyridine rings is 1. The highest BCUT2D eigenvalue weighted by molar-refractivity contribution is 7.71. The monoisotopic (exact) mass is 275 g/mol.